The van der Waals surface area contributed by atoms with E-state index in [1.54, 1.807) is 19.9 Å². The summed E-state index contributed by atoms with van der Waals surface area (Å²) in [6, 6.07) is -0.632. The third-order valence-corrected chi connectivity index (χ3v) is 1.59. The van der Waals surface area contributed by atoms with E-state index in [2.05, 4.69) is 11.9 Å². The average Bonchev–Trinajstić information content (AvgIpc) is 2.03. The number of hydrogen-bond acceptors (Lipinski definition) is 2. The third kappa shape index (κ3) is 4.30. The van der Waals surface area contributed by atoms with Crippen LogP contribution in [0.2, 0.25) is 0 Å². The van der Waals surface area contributed by atoms with Gasteiger partial charge in [0, 0.05) is 5.92 Å². The second kappa shape index (κ2) is 5.35. The van der Waals surface area contributed by atoms with Gasteiger partial charge in [-0.25, -0.2) is 0 Å². The van der Waals surface area contributed by atoms with Crippen LogP contribution in [0.3, 0.4) is 0 Å². The van der Waals surface area contributed by atoms with Gasteiger partial charge in [0.05, 0.1) is 0 Å². The Balaban J connectivity index is 4.17. The average molecular weight is 184 g/mol. The first-order valence-electron chi connectivity index (χ1n) is 4.19. The molecule has 0 aromatic heterocycles. The highest BCUT2D eigenvalue weighted by molar-refractivity contribution is 5.87. The van der Waals surface area contributed by atoms with Crippen molar-refractivity contribution in [2.45, 2.75) is 26.3 Å². The van der Waals surface area contributed by atoms with E-state index >= 15 is 0 Å². The summed E-state index contributed by atoms with van der Waals surface area (Å²) in [7, 11) is 0. The number of hydrogen-bond donors (Lipinski definition) is 2. The summed E-state index contributed by atoms with van der Waals surface area (Å²) in [4.78, 5) is 22.0. The lowest BCUT2D eigenvalue weighted by Crippen LogP contribution is -2.45. The molecule has 74 valence electrons. The van der Waals surface area contributed by atoms with Gasteiger partial charge in [-0.05, 0) is 6.42 Å². The molecule has 4 heteroatoms. The fourth-order valence-electron chi connectivity index (χ4n) is 0.751. The van der Waals surface area contributed by atoms with Gasteiger partial charge in [-0.3, -0.25) is 9.59 Å². The summed E-state index contributed by atoms with van der Waals surface area (Å²) in [6.07, 6.45) is 1.92. The zero-order chi connectivity index (χ0) is 10.4. The number of carbonyl (C=O) groups excluding carboxylic acids is 2. The molecule has 2 amide bonds. The standard InChI is InChI=1S/C9H16N2O2/c1-4-5-7(8(10)12)11-9(13)6(2)3/h4,6-7H,1,5H2,2-3H3,(H2,10,12)(H,11,13)/t7-/m0/s1. The van der Waals surface area contributed by atoms with Gasteiger partial charge in [0.15, 0.2) is 0 Å². The SMILES string of the molecule is C=CC[C@H](NC(=O)C(C)C)C(N)=O. The Morgan fingerprint density at radius 3 is 2.38 bits per heavy atom. The van der Waals surface area contributed by atoms with Gasteiger partial charge in [0.1, 0.15) is 6.04 Å². The van der Waals surface area contributed by atoms with Crippen LogP contribution in [0.15, 0.2) is 12.7 Å². The Labute approximate surface area is 78.2 Å². The Morgan fingerprint density at radius 1 is 1.54 bits per heavy atom. The number of carbonyl (C=O) groups is 2. The Morgan fingerprint density at radius 2 is 2.08 bits per heavy atom. The highest BCUT2D eigenvalue weighted by Gasteiger charge is 2.17. The van der Waals surface area contributed by atoms with Crippen molar-refractivity contribution < 1.29 is 9.59 Å². The maximum Gasteiger partial charge on any atom is 0.240 e. The van der Waals surface area contributed by atoms with Gasteiger partial charge < -0.3 is 11.1 Å². The molecule has 0 aliphatic heterocycles. The van der Waals surface area contributed by atoms with Crippen LogP contribution in [-0.4, -0.2) is 17.9 Å². The van der Waals surface area contributed by atoms with Crippen LogP contribution < -0.4 is 11.1 Å². The monoisotopic (exact) mass is 184 g/mol. The number of nitrogens with two attached hydrogens (primary N) is 1. The van der Waals surface area contributed by atoms with Crippen molar-refractivity contribution in [3.05, 3.63) is 12.7 Å². The van der Waals surface area contributed by atoms with Crippen LogP contribution in [0.5, 0.6) is 0 Å². The molecule has 13 heavy (non-hydrogen) atoms. The van der Waals surface area contributed by atoms with Crippen LogP contribution in [0.4, 0.5) is 0 Å². The molecule has 0 heterocycles. The van der Waals surface area contributed by atoms with Crippen molar-refractivity contribution in [1.82, 2.24) is 5.32 Å². The van der Waals surface area contributed by atoms with Gasteiger partial charge in [-0.1, -0.05) is 19.9 Å². The fourth-order valence-corrected chi connectivity index (χ4v) is 0.751. The molecule has 0 fully saturated rings. The molecule has 3 N–H and O–H groups in total. The number of rotatable bonds is 5. The smallest absolute Gasteiger partial charge is 0.240 e. The van der Waals surface area contributed by atoms with Crippen LogP contribution >= 0.6 is 0 Å². The molecule has 0 radical (unpaired) electrons. The van der Waals surface area contributed by atoms with Crippen LogP contribution in [0.1, 0.15) is 20.3 Å². The molecule has 0 unspecified atom stereocenters. The van der Waals surface area contributed by atoms with Crippen LogP contribution in [0.25, 0.3) is 0 Å². The maximum absolute atomic E-state index is 11.2. The van der Waals surface area contributed by atoms with Crippen LogP contribution in [-0.2, 0) is 9.59 Å². The third-order valence-electron chi connectivity index (χ3n) is 1.59. The predicted octanol–water partition coefficient (Wildman–Crippen LogP) is 0.189. The molecule has 0 aromatic rings. The van der Waals surface area contributed by atoms with Crippen molar-refractivity contribution >= 4 is 11.8 Å². The molecule has 0 aromatic carbocycles. The van der Waals surface area contributed by atoms with E-state index in [-0.39, 0.29) is 11.8 Å². The van der Waals surface area contributed by atoms with E-state index in [4.69, 9.17) is 5.73 Å². The van der Waals surface area contributed by atoms with Gasteiger partial charge in [-0.2, -0.15) is 0 Å². The molecule has 1 atom stereocenters. The van der Waals surface area contributed by atoms with Gasteiger partial charge in [0.25, 0.3) is 0 Å². The molecular weight excluding hydrogens is 168 g/mol. The van der Waals surface area contributed by atoms with Crippen molar-refractivity contribution in [1.29, 1.82) is 0 Å². The van der Waals surface area contributed by atoms with E-state index < -0.39 is 11.9 Å². The normalized spacial score (nSPS) is 12.2. The van der Waals surface area contributed by atoms with E-state index in [0.29, 0.717) is 6.42 Å². The van der Waals surface area contributed by atoms with E-state index in [1.165, 1.54) is 0 Å². The fraction of sp³-hybridized carbons (Fsp3) is 0.556. The zero-order valence-electron chi connectivity index (χ0n) is 8.04. The number of nitrogens with one attached hydrogen (secondary N) is 1. The van der Waals surface area contributed by atoms with E-state index in [9.17, 15) is 9.59 Å². The molecule has 0 aliphatic rings. The van der Waals surface area contributed by atoms with E-state index in [1.807, 2.05) is 0 Å². The molecule has 0 rings (SSSR count). The summed E-state index contributed by atoms with van der Waals surface area (Å²) in [6.45, 7) is 6.98. The van der Waals surface area contributed by atoms with Gasteiger partial charge >= 0.3 is 0 Å². The van der Waals surface area contributed by atoms with Crippen molar-refractivity contribution in [2.75, 3.05) is 0 Å². The zero-order valence-corrected chi connectivity index (χ0v) is 8.04. The lowest BCUT2D eigenvalue weighted by atomic mass is 10.1. The highest BCUT2D eigenvalue weighted by atomic mass is 16.2. The first-order valence-corrected chi connectivity index (χ1v) is 4.19. The highest BCUT2D eigenvalue weighted by Crippen LogP contribution is 1.96. The molecule has 0 saturated carbocycles. The molecule has 0 saturated heterocycles. The Hall–Kier alpha value is -1.32. The lowest BCUT2D eigenvalue weighted by Gasteiger charge is -2.14. The molecular formula is C9H16N2O2. The first kappa shape index (κ1) is 11.7. The van der Waals surface area contributed by atoms with Crippen molar-refractivity contribution in [3.8, 4) is 0 Å². The minimum absolute atomic E-state index is 0.147. The van der Waals surface area contributed by atoms with Crippen LogP contribution in [0, 0.1) is 5.92 Å². The molecule has 0 spiro atoms. The lowest BCUT2D eigenvalue weighted by molar-refractivity contribution is -0.129. The van der Waals surface area contributed by atoms with Crippen molar-refractivity contribution in [3.63, 3.8) is 0 Å². The Kier molecular flexibility index (Phi) is 4.80. The topological polar surface area (TPSA) is 72.2 Å². The minimum atomic E-state index is -0.632. The summed E-state index contributed by atoms with van der Waals surface area (Å²) < 4.78 is 0. The summed E-state index contributed by atoms with van der Waals surface area (Å²) in [5, 5.41) is 2.53. The van der Waals surface area contributed by atoms with Gasteiger partial charge in [-0.15, -0.1) is 6.58 Å². The van der Waals surface area contributed by atoms with Gasteiger partial charge in [0.2, 0.25) is 11.8 Å². The molecule has 0 aliphatic carbocycles. The van der Waals surface area contributed by atoms with Crippen molar-refractivity contribution in [2.24, 2.45) is 11.7 Å². The number of amides is 2. The largest absolute Gasteiger partial charge is 0.368 e. The molecule has 4 nitrogen and oxygen atoms in total. The number of primary amides is 1. The predicted molar refractivity (Wildman–Crippen MR) is 50.8 cm³/mol. The quantitative estimate of drug-likeness (QED) is 0.598. The summed E-state index contributed by atoms with van der Waals surface area (Å²) >= 11 is 0. The molecule has 0 bridgehead atoms. The summed E-state index contributed by atoms with van der Waals surface area (Å²) in [5.74, 6) is -0.855. The second-order valence-corrected chi connectivity index (χ2v) is 3.14. The minimum Gasteiger partial charge on any atom is -0.368 e. The first-order chi connectivity index (χ1) is 5.99. The summed E-state index contributed by atoms with van der Waals surface area (Å²) in [5.41, 5.74) is 5.07. The Bertz CT molecular complexity index is 212. The second-order valence-electron chi connectivity index (χ2n) is 3.14. The van der Waals surface area contributed by atoms with E-state index in [0.717, 1.165) is 0 Å². The maximum atomic E-state index is 11.2.